The Morgan fingerprint density at radius 3 is 2.26 bits per heavy atom. The molecule has 0 radical (unpaired) electrons. The van der Waals surface area contributed by atoms with Crippen LogP contribution < -0.4 is 10.6 Å². The standard InChI is InChI=1S/C17H18FN3O2/c1-11(2)9-16(22)20-12-3-5-13(6-4-12)21-17(23)14-7-8-19-10-15(14)18/h3-8,10-11H,9H2,1-2H3,(H,20,22)(H,21,23). The SMILES string of the molecule is CC(C)CC(=O)Nc1ccc(NC(=O)c2ccncc2F)cc1. The maximum atomic E-state index is 13.5. The minimum absolute atomic E-state index is 0.0596. The van der Waals surface area contributed by atoms with Gasteiger partial charge in [0, 0.05) is 24.0 Å². The molecule has 0 atom stereocenters. The van der Waals surface area contributed by atoms with Gasteiger partial charge in [-0.2, -0.15) is 0 Å². The van der Waals surface area contributed by atoms with Gasteiger partial charge in [-0.3, -0.25) is 14.6 Å². The second-order valence-corrected chi connectivity index (χ2v) is 5.53. The molecule has 120 valence electrons. The third-order valence-electron chi connectivity index (χ3n) is 3.04. The van der Waals surface area contributed by atoms with Crippen molar-refractivity contribution >= 4 is 23.2 Å². The molecule has 6 heteroatoms. The van der Waals surface area contributed by atoms with Gasteiger partial charge in [-0.05, 0) is 36.2 Å². The van der Waals surface area contributed by atoms with E-state index in [9.17, 15) is 14.0 Å². The molecule has 0 unspecified atom stereocenters. The Hall–Kier alpha value is -2.76. The first-order valence-corrected chi connectivity index (χ1v) is 7.26. The van der Waals surface area contributed by atoms with Crippen molar-refractivity contribution in [2.24, 2.45) is 5.92 Å². The summed E-state index contributed by atoms with van der Waals surface area (Å²) < 4.78 is 13.5. The number of aromatic nitrogens is 1. The number of amides is 2. The van der Waals surface area contributed by atoms with Gasteiger partial charge in [0.2, 0.25) is 5.91 Å². The summed E-state index contributed by atoms with van der Waals surface area (Å²) in [5.74, 6) is -1.01. The third kappa shape index (κ3) is 4.88. The van der Waals surface area contributed by atoms with Crippen LogP contribution >= 0.6 is 0 Å². The minimum Gasteiger partial charge on any atom is -0.326 e. The maximum Gasteiger partial charge on any atom is 0.258 e. The topological polar surface area (TPSA) is 71.1 Å². The molecular formula is C17H18FN3O2. The molecule has 5 nitrogen and oxygen atoms in total. The molecule has 23 heavy (non-hydrogen) atoms. The number of nitrogens with one attached hydrogen (secondary N) is 2. The van der Waals surface area contributed by atoms with Crippen LogP contribution in [0.2, 0.25) is 0 Å². The summed E-state index contributed by atoms with van der Waals surface area (Å²) in [6.45, 7) is 3.94. The van der Waals surface area contributed by atoms with Crippen LogP contribution in [-0.4, -0.2) is 16.8 Å². The van der Waals surface area contributed by atoms with E-state index < -0.39 is 11.7 Å². The number of hydrogen-bond donors (Lipinski definition) is 2. The second-order valence-electron chi connectivity index (χ2n) is 5.53. The van der Waals surface area contributed by atoms with Gasteiger partial charge in [0.15, 0.2) is 5.82 Å². The smallest absolute Gasteiger partial charge is 0.258 e. The predicted octanol–water partition coefficient (Wildman–Crippen LogP) is 3.46. The molecule has 2 aromatic rings. The van der Waals surface area contributed by atoms with Gasteiger partial charge in [-0.1, -0.05) is 13.8 Å². The van der Waals surface area contributed by atoms with Gasteiger partial charge in [-0.25, -0.2) is 4.39 Å². The Balaban J connectivity index is 1.99. The molecular weight excluding hydrogens is 297 g/mol. The van der Waals surface area contributed by atoms with E-state index in [0.717, 1.165) is 6.20 Å². The first-order chi connectivity index (χ1) is 11.0. The fourth-order valence-corrected chi connectivity index (χ4v) is 1.98. The van der Waals surface area contributed by atoms with E-state index in [1.807, 2.05) is 13.8 Å². The van der Waals surface area contributed by atoms with Crippen molar-refractivity contribution in [2.75, 3.05) is 10.6 Å². The fraction of sp³-hybridized carbons (Fsp3) is 0.235. The highest BCUT2D eigenvalue weighted by Crippen LogP contribution is 2.16. The van der Waals surface area contributed by atoms with E-state index in [-0.39, 0.29) is 17.4 Å². The summed E-state index contributed by atoms with van der Waals surface area (Å²) in [7, 11) is 0. The van der Waals surface area contributed by atoms with Gasteiger partial charge in [-0.15, -0.1) is 0 Å². The maximum absolute atomic E-state index is 13.5. The number of rotatable bonds is 5. The summed E-state index contributed by atoms with van der Waals surface area (Å²) in [5.41, 5.74) is 1.08. The Kier molecular flexibility index (Phi) is 5.41. The lowest BCUT2D eigenvalue weighted by atomic mass is 10.1. The summed E-state index contributed by atoms with van der Waals surface area (Å²) in [6.07, 6.45) is 2.79. The monoisotopic (exact) mass is 315 g/mol. The number of carbonyl (C=O) groups excluding carboxylic acids is 2. The Morgan fingerprint density at radius 1 is 1.09 bits per heavy atom. The lowest BCUT2D eigenvalue weighted by molar-refractivity contribution is -0.116. The zero-order valence-corrected chi connectivity index (χ0v) is 13.0. The van der Waals surface area contributed by atoms with Gasteiger partial charge >= 0.3 is 0 Å². The average Bonchev–Trinajstić information content (AvgIpc) is 2.48. The van der Waals surface area contributed by atoms with Crippen LogP contribution in [0.25, 0.3) is 0 Å². The second kappa shape index (κ2) is 7.49. The molecule has 1 heterocycles. The molecule has 2 amide bonds. The minimum atomic E-state index is -0.678. The third-order valence-corrected chi connectivity index (χ3v) is 3.04. The lowest BCUT2D eigenvalue weighted by Gasteiger charge is -2.09. The Bertz CT molecular complexity index is 699. The molecule has 2 rings (SSSR count). The van der Waals surface area contributed by atoms with Crippen LogP contribution in [0.3, 0.4) is 0 Å². The number of benzene rings is 1. The van der Waals surface area contributed by atoms with Crippen molar-refractivity contribution in [3.8, 4) is 0 Å². The van der Waals surface area contributed by atoms with E-state index >= 15 is 0 Å². The lowest BCUT2D eigenvalue weighted by Crippen LogP contribution is -2.15. The number of halogens is 1. The molecule has 1 aromatic heterocycles. The molecule has 0 aliphatic heterocycles. The summed E-state index contributed by atoms with van der Waals surface area (Å²) in [4.78, 5) is 27.2. The highest BCUT2D eigenvalue weighted by atomic mass is 19.1. The van der Waals surface area contributed by atoms with E-state index in [2.05, 4.69) is 15.6 Å². The molecule has 2 N–H and O–H groups in total. The quantitative estimate of drug-likeness (QED) is 0.887. The number of anilines is 2. The number of pyridine rings is 1. The molecule has 0 saturated carbocycles. The van der Waals surface area contributed by atoms with Crippen molar-refractivity contribution in [2.45, 2.75) is 20.3 Å². The van der Waals surface area contributed by atoms with Crippen molar-refractivity contribution in [1.82, 2.24) is 4.98 Å². The average molecular weight is 315 g/mol. The Labute approximate surface area is 133 Å². The van der Waals surface area contributed by atoms with Crippen molar-refractivity contribution < 1.29 is 14.0 Å². The van der Waals surface area contributed by atoms with Crippen LogP contribution in [0.15, 0.2) is 42.7 Å². The number of carbonyl (C=O) groups is 2. The van der Waals surface area contributed by atoms with Gasteiger partial charge in [0.1, 0.15) is 0 Å². The molecule has 1 aromatic carbocycles. The van der Waals surface area contributed by atoms with E-state index in [4.69, 9.17) is 0 Å². The molecule has 0 saturated heterocycles. The van der Waals surface area contributed by atoms with Crippen molar-refractivity contribution in [3.63, 3.8) is 0 Å². The van der Waals surface area contributed by atoms with Gasteiger partial charge < -0.3 is 10.6 Å². The Morgan fingerprint density at radius 2 is 1.70 bits per heavy atom. The highest BCUT2D eigenvalue weighted by molar-refractivity contribution is 6.04. The first kappa shape index (κ1) is 16.6. The van der Waals surface area contributed by atoms with Gasteiger partial charge in [0.05, 0.1) is 11.8 Å². The van der Waals surface area contributed by atoms with Crippen molar-refractivity contribution in [3.05, 3.63) is 54.1 Å². The molecule has 0 fully saturated rings. The normalized spacial score (nSPS) is 10.4. The summed E-state index contributed by atoms with van der Waals surface area (Å²) in [5, 5.41) is 5.37. The predicted molar refractivity (Wildman–Crippen MR) is 86.7 cm³/mol. The number of hydrogen-bond acceptors (Lipinski definition) is 3. The molecule has 0 aliphatic carbocycles. The first-order valence-electron chi connectivity index (χ1n) is 7.26. The van der Waals surface area contributed by atoms with Crippen molar-refractivity contribution in [1.29, 1.82) is 0 Å². The zero-order chi connectivity index (χ0) is 16.8. The van der Waals surface area contributed by atoms with Gasteiger partial charge in [0.25, 0.3) is 5.91 Å². The van der Waals surface area contributed by atoms with E-state index in [1.54, 1.807) is 24.3 Å². The largest absolute Gasteiger partial charge is 0.326 e. The van der Waals surface area contributed by atoms with E-state index in [1.165, 1.54) is 12.3 Å². The van der Waals surface area contributed by atoms with Crippen LogP contribution in [-0.2, 0) is 4.79 Å². The number of nitrogens with zero attached hydrogens (tertiary/aromatic N) is 1. The van der Waals surface area contributed by atoms with Crippen LogP contribution in [0.4, 0.5) is 15.8 Å². The summed E-state index contributed by atoms with van der Waals surface area (Å²) >= 11 is 0. The summed E-state index contributed by atoms with van der Waals surface area (Å²) in [6, 6.07) is 7.95. The zero-order valence-electron chi connectivity index (χ0n) is 13.0. The van der Waals surface area contributed by atoms with Crippen LogP contribution in [0, 0.1) is 11.7 Å². The molecule has 0 aliphatic rings. The fourth-order valence-electron chi connectivity index (χ4n) is 1.98. The van der Waals surface area contributed by atoms with Crippen LogP contribution in [0.5, 0.6) is 0 Å². The molecule has 0 bridgehead atoms. The van der Waals surface area contributed by atoms with E-state index in [0.29, 0.717) is 17.8 Å². The van der Waals surface area contributed by atoms with Crippen LogP contribution in [0.1, 0.15) is 30.6 Å². The molecule has 0 spiro atoms. The highest BCUT2D eigenvalue weighted by Gasteiger charge is 2.11.